The van der Waals surface area contributed by atoms with Crippen molar-refractivity contribution in [2.45, 2.75) is 52.6 Å². The van der Waals surface area contributed by atoms with Crippen molar-refractivity contribution in [3.63, 3.8) is 0 Å². The Balaban J connectivity index is 2.54. The Morgan fingerprint density at radius 3 is 2.50 bits per heavy atom. The summed E-state index contributed by atoms with van der Waals surface area (Å²) >= 11 is 0. The van der Waals surface area contributed by atoms with Crippen molar-refractivity contribution in [2.75, 3.05) is 6.54 Å². The summed E-state index contributed by atoms with van der Waals surface area (Å²) in [6, 6.07) is -0.696. The van der Waals surface area contributed by atoms with Gasteiger partial charge in [-0.05, 0) is 32.6 Å². The van der Waals surface area contributed by atoms with Crippen LogP contribution in [0, 0.1) is 5.92 Å². The van der Waals surface area contributed by atoms with Gasteiger partial charge in [-0.2, -0.15) is 0 Å². The lowest BCUT2D eigenvalue weighted by atomic mass is 10.1. The van der Waals surface area contributed by atoms with Crippen molar-refractivity contribution in [1.29, 1.82) is 0 Å². The van der Waals surface area contributed by atoms with E-state index < -0.39 is 0 Å². The van der Waals surface area contributed by atoms with E-state index in [9.17, 15) is 9.59 Å². The molecular weight excluding hydrogens is 204 g/mol. The zero-order chi connectivity index (χ0) is 12.3. The van der Waals surface area contributed by atoms with Gasteiger partial charge in [-0.3, -0.25) is 9.59 Å². The standard InChI is InChI=1S/C12H22N2O2/c1-8(2)6-5-7-14-10(4)11(15)13-9(3)12(14)16/h8-10H,5-7H2,1-4H3,(H,13,15). The minimum atomic E-state index is -0.372. The van der Waals surface area contributed by atoms with Crippen LogP contribution in [0.2, 0.25) is 0 Å². The van der Waals surface area contributed by atoms with Gasteiger partial charge in [0.25, 0.3) is 0 Å². The van der Waals surface area contributed by atoms with E-state index in [1.54, 1.807) is 18.7 Å². The minimum Gasteiger partial charge on any atom is -0.343 e. The first kappa shape index (κ1) is 13.0. The predicted molar refractivity (Wildman–Crippen MR) is 62.9 cm³/mol. The number of piperazine rings is 1. The molecule has 0 aromatic rings. The highest BCUT2D eigenvalue weighted by atomic mass is 16.2. The Kier molecular flexibility index (Phi) is 4.33. The van der Waals surface area contributed by atoms with Crippen LogP contribution in [0.4, 0.5) is 0 Å². The van der Waals surface area contributed by atoms with Crippen LogP contribution in [0.1, 0.15) is 40.5 Å². The Morgan fingerprint density at radius 1 is 1.31 bits per heavy atom. The molecule has 0 saturated carbocycles. The number of hydrogen-bond donors (Lipinski definition) is 1. The zero-order valence-electron chi connectivity index (χ0n) is 10.6. The third-order valence-electron chi connectivity index (χ3n) is 3.04. The number of carbonyl (C=O) groups excluding carboxylic acids is 2. The molecule has 0 aromatic carbocycles. The first-order valence-corrected chi connectivity index (χ1v) is 6.04. The van der Waals surface area contributed by atoms with Gasteiger partial charge in [0.2, 0.25) is 11.8 Å². The van der Waals surface area contributed by atoms with Crippen LogP contribution in [0.3, 0.4) is 0 Å². The van der Waals surface area contributed by atoms with Crippen LogP contribution in [-0.2, 0) is 9.59 Å². The molecule has 16 heavy (non-hydrogen) atoms. The number of nitrogens with zero attached hydrogens (tertiary/aromatic N) is 1. The van der Waals surface area contributed by atoms with Crippen molar-refractivity contribution in [3.05, 3.63) is 0 Å². The molecule has 4 nitrogen and oxygen atoms in total. The van der Waals surface area contributed by atoms with E-state index in [1.165, 1.54) is 0 Å². The zero-order valence-corrected chi connectivity index (χ0v) is 10.6. The quantitative estimate of drug-likeness (QED) is 0.782. The van der Waals surface area contributed by atoms with Gasteiger partial charge >= 0.3 is 0 Å². The monoisotopic (exact) mass is 226 g/mol. The molecule has 1 heterocycles. The molecule has 2 atom stereocenters. The molecule has 0 aliphatic carbocycles. The maximum Gasteiger partial charge on any atom is 0.245 e. The van der Waals surface area contributed by atoms with Gasteiger partial charge in [0, 0.05) is 6.54 Å². The van der Waals surface area contributed by atoms with Crippen molar-refractivity contribution in [2.24, 2.45) is 5.92 Å². The largest absolute Gasteiger partial charge is 0.343 e. The smallest absolute Gasteiger partial charge is 0.245 e. The third kappa shape index (κ3) is 2.97. The summed E-state index contributed by atoms with van der Waals surface area (Å²) in [5.74, 6) is 0.633. The summed E-state index contributed by atoms with van der Waals surface area (Å²) in [5.41, 5.74) is 0. The summed E-state index contributed by atoms with van der Waals surface area (Å²) in [6.07, 6.45) is 2.06. The first-order valence-electron chi connectivity index (χ1n) is 6.04. The van der Waals surface area contributed by atoms with Gasteiger partial charge in [0.1, 0.15) is 12.1 Å². The van der Waals surface area contributed by atoms with Gasteiger partial charge in [-0.25, -0.2) is 0 Å². The van der Waals surface area contributed by atoms with Gasteiger partial charge in [-0.15, -0.1) is 0 Å². The molecule has 1 fully saturated rings. The van der Waals surface area contributed by atoms with E-state index in [0.717, 1.165) is 12.8 Å². The fourth-order valence-electron chi connectivity index (χ4n) is 1.95. The number of nitrogens with one attached hydrogen (secondary N) is 1. The van der Waals surface area contributed by atoms with Crippen molar-refractivity contribution in [3.8, 4) is 0 Å². The van der Waals surface area contributed by atoms with Crippen LogP contribution in [-0.4, -0.2) is 35.3 Å². The van der Waals surface area contributed by atoms with Gasteiger partial charge < -0.3 is 10.2 Å². The summed E-state index contributed by atoms with van der Waals surface area (Å²) in [4.78, 5) is 25.1. The second-order valence-electron chi connectivity index (χ2n) is 4.97. The topological polar surface area (TPSA) is 49.4 Å². The molecule has 2 amide bonds. The molecule has 0 aromatic heterocycles. The summed E-state index contributed by atoms with van der Waals surface area (Å²) in [6.45, 7) is 8.54. The maximum atomic E-state index is 11.9. The molecule has 2 unspecified atom stereocenters. The van der Waals surface area contributed by atoms with E-state index in [2.05, 4.69) is 19.2 Å². The lowest BCUT2D eigenvalue weighted by molar-refractivity contribution is -0.148. The Hall–Kier alpha value is -1.06. The SMILES string of the molecule is CC(C)CCCN1C(=O)C(C)NC(=O)C1C. The third-order valence-corrected chi connectivity index (χ3v) is 3.04. The molecule has 0 radical (unpaired) electrons. The van der Waals surface area contributed by atoms with E-state index in [-0.39, 0.29) is 23.9 Å². The lowest BCUT2D eigenvalue weighted by Crippen LogP contribution is -2.61. The molecule has 92 valence electrons. The second kappa shape index (κ2) is 5.32. The van der Waals surface area contributed by atoms with Crippen LogP contribution >= 0.6 is 0 Å². The van der Waals surface area contributed by atoms with Crippen LogP contribution in [0.15, 0.2) is 0 Å². The van der Waals surface area contributed by atoms with Crippen molar-refractivity contribution < 1.29 is 9.59 Å². The Labute approximate surface area is 97.4 Å². The minimum absolute atomic E-state index is 0.0378. The molecule has 1 aliphatic rings. The summed E-state index contributed by atoms with van der Waals surface area (Å²) in [7, 11) is 0. The van der Waals surface area contributed by atoms with Crippen LogP contribution < -0.4 is 5.32 Å². The van der Waals surface area contributed by atoms with E-state index in [4.69, 9.17) is 0 Å². The highest BCUT2D eigenvalue weighted by Crippen LogP contribution is 2.12. The van der Waals surface area contributed by atoms with E-state index in [0.29, 0.717) is 12.5 Å². The average molecular weight is 226 g/mol. The fourth-order valence-corrected chi connectivity index (χ4v) is 1.95. The first-order chi connectivity index (χ1) is 7.43. The molecule has 0 spiro atoms. The molecular formula is C12H22N2O2. The van der Waals surface area contributed by atoms with E-state index >= 15 is 0 Å². The summed E-state index contributed by atoms with van der Waals surface area (Å²) < 4.78 is 0. The van der Waals surface area contributed by atoms with Crippen molar-refractivity contribution in [1.82, 2.24) is 10.2 Å². The van der Waals surface area contributed by atoms with Gasteiger partial charge in [0.15, 0.2) is 0 Å². The predicted octanol–water partition coefficient (Wildman–Crippen LogP) is 1.16. The second-order valence-corrected chi connectivity index (χ2v) is 4.97. The Bertz CT molecular complexity index is 276. The molecule has 1 rings (SSSR count). The van der Waals surface area contributed by atoms with Crippen LogP contribution in [0.5, 0.6) is 0 Å². The van der Waals surface area contributed by atoms with Crippen molar-refractivity contribution >= 4 is 11.8 Å². The Morgan fingerprint density at radius 2 is 1.94 bits per heavy atom. The number of amides is 2. The van der Waals surface area contributed by atoms with Gasteiger partial charge in [-0.1, -0.05) is 13.8 Å². The lowest BCUT2D eigenvalue weighted by Gasteiger charge is -2.36. The fraction of sp³-hybridized carbons (Fsp3) is 0.833. The molecule has 1 N–H and O–H groups in total. The highest BCUT2D eigenvalue weighted by Gasteiger charge is 2.34. The van der Waals surface area contributed by atoms with Gasteiger partial charge in [0.05, 0.1) is 0 Å². The van der Waals surface area contributed by atoms with Crippen LogP contribution in [0.25, 0.3) is 0 Å². The molecule has 1 aliphatic heterocycles. The summed E-state index contributed by atoms with van der Waals surface area (Å²) in [5, 5.41) is 2.68. The molecule has 1 saturated heterocycles. The molecule has 0 bridgehead atoms. The maximum absolute atomic E-state index is 11.9. The average Bonchev–Trinajstić information content (AvgIpc) is 2.20. The molecule has 4 heteroatoms. The number of rotatable bonds is 4. The van der Waals surface area contributed by atoms with E-state index in [1.807, 2.05) is 0 Å². The highest BCUT2D eigenvalue weighted by molar-refractivity contribution is 5.96. The number of hydrogen-bond acceptors (Lipinski definition) is 2. The normalized spacial score (nSPS) is 26.2. The number of carbonyl (C=O) groups is 2.